The van der Waals surface area contributed by atoms with Gasteiger partial charge in [-0.05, 0) is 76.2 Å². The van der Waals surface area contributed by atoms with Crippen LogP contribution < -0.4 is 25.9 Å². The van der Waals surface area contributed by atoms with Crippen molar-refractivity contribution in [2.24, 2.45) is 5.41 Å². The molecule has 0 fully saturated rings. The van der Waals surface area contributed by atoms with Gasteiger partial charge in [-0.25, -0.2) is 0 Å². The Labute approximate surface area is 280 Å². The molecule has 0 aliphatic heterocycles. The van der Waals surface area contributed by atoms with E-state index >= 15 is 0 Å². The van der Waals surface area contributed by atoms with E-state index in [-0.39, 0.29) is 35.8 Å². The fourth-order valence-electron chi connectivity index (χ4n) is 5.60. The molecular weight excluding hydrogens is 603 g/mol. The fraction of sp³-hybridized carbons (Fsp3) is 0.256. The van der Waals surface area contributed by atoms with Crippen molar-refractivity contribution < 1.29 is 18.8 Å². The van der Waals surface area contributed by atoms with Crippen molar-refractivity contribution in [2.75, 3.05) is 25.5 Å². The van der Waals surface area contributed by atoms with Crippen molar-refractivity contribution >= 4 is 48.9 Å². The molecule has 244 valence electrons. The first kappa shape index (κ1) is 35.1. The van der Waals surface area contributed by atoms with Gasteiger partial charge in [-0.2, -0.15) is 0 Å². The smallest absolute Gasteiger partial charge is 0.251 e. The average Bonchev–Trinajstić information content (AvgIpc) is 3.07. The van der Waals surface area contributed by atoms with E-state index in [4.69, 9.17) is 4.43 Å². The summed E-state index contributed by atoms with van der Waals surface area (Å²) in [7, 11) is 1.22. The van der Waals surface area contributed by atoms with Crippen LogP contribution in [0.15, 0.2) is 103 Å². The van der Waals surface area contributed by atoms with Crippen molar-refractivity contribution in [1.82, 2.24) is 10.6 Å². The maximum absolute atomic E-state index is 13.3. The number of hydrogen-bond donors (Lipinski definition) is 2. The summed E-state index contributed by atoms with van der Waals surface area (Å²) in [6, 6.07) is 31.8. The zero-order valence-corrected chi connectivity index (χ0v) is 29.5. The van der Waals surface area contributed by atoms with Gasteiger partial charge in [0, 0.05) is 31.4 Å². The maximum atomic E-state index is 13.3. The molecule has 4 rings (SSSR count). The molecule has 8 heteroatoms. The minimum atomic E-state index is -2.09. The Hall–Kier alpha value is -4.79. The second-order valence-electron chi connectivity index (χ2n) is 12.7. The van der Waals surface area contributed by atoms with Crippen molar-refractivity contribution in [1.29, 1.82) is 0 Å². The molecule has 0 aliphatic carbocycles. The second-order valence-corrected chi connectivity index (χ2v) is 15.1. The number of amides is 3. The first-order valence-electron chi connectivity index (χ1n) is 15.8. The monoisotopic (exact) mass is 647 g/mol. The van der Waals surface area contributed by atoms with E-state index in [0.717, 1.165) is 27.9 Å². The zero-order chi connectivity index (χ0) is 34.1. The van der Waals surface area contributed by atoms with Gasteiger partial charge < -0.3 is 20.0 Å². The lowest BCUT2D eigenvalue weighted by Gasteiger charge is -2.37. The van der Waals surface area contributed by atoms with Gasteiger partial charge in [0.1, 0.15) is 0 Å². The SMILES string of the molecule is CNC(=O)c1ccc(C=CC(=O)NCC(=O)N(C)c2ccc(C)c(C(O[SiH](c3ccccc3)c3ccccc3)C(C)(C)C)c2C)cc1. The molecule has 4 aromatic rings. The Morgan fingerprint density at radius 3 is 1.96 bits per heavy atom. The molecular formula is C39H45N3O4Si. The third kappa shape index (κ3) is 8.93. The Bertz CT molecular complexity index is 1680. The number of aryl methyl sites for hydroxylation is 1. The summed E-state index contributed by atoms with van der Waals surface area (Å²) in [5.41, 5.74) is 4.98. The van der Waals surface area contributed by atoms with Crippen molar-refractivity contribution in [3.63, 3.8) is 0 Å². The molecule has 2 N–H and O–H groups in total. The van der Waals surface area contributed by atoms with Crippen LogP contribution in [0.3, 0.4) is 0 Å². The van der Waals surface area contributed by atoms with Crippen molar-refractivity contribution in [2.45, 2.75) is 40.7 Å². The van der Waals surface area contributed by atoms with E-state index < -0.39 is 9.04 Å². The minimum Gasteiger partial charge on any atom is -0.403 e. The number of carbonyl (C=O) groups is 3. The van der Waals surface area contributed by atoms with Crippen LogP contribution in [0, 0.1) is 19.3 Å². The molecule has 0 saturated heterocycles. The highest BCUT2D eigenvalue weighted by atomic mass is 28.3. The number of likely N-dealkylation sites (N-methyl/N-ethyl adjacent to an activating group) is 1. The van der Waals surface area contributed by atoms with E-state index in [1.807, 2.05) is 31.2 Å². The molecule has 0 aromatic heterocycles. The summed E-state index contributed by atoms with van der Waals surface area (Å²) in [5.74, 6) is -0.806. The first-order chi connectivity index (χ1) is 22.4. The van der Waals surface area contributed by atoms with Crippen LogP contribution in [0.5, 0.6) is 0 Å². The molecule has 3 amide bonds. The molecule has 0 radical (unpaired) electrons. The van der Waals surface area contributed by atoms with Gasteiger partial charge in [-0.15, -0.1) is 0 Å². The summed E-state index contributed by atoms with van der Waals surface area (Å²) < 4.78 is 7.25. The molecule has 7 nitrogen and oxygen atoms in total. The molecule has 1 atom stereocenters. The summed E-state index contributed by atoms with van der Waals surface area (Å²) in [5, 5.41) is 7.69. The number of hydrogen-bond acceptors (Lipinski definition) is 4. The number of anilines is 1. The Balaban J connectivity index is 1.53. The normalized spacial score (nSPS) is 12.2. The number of nitrogens with zero attached hydrogens (tertiary/aromatic N) is 1. The van der Waals surface area contributed by atoms with Crippen LogP contribution in [0.4, 0.5) is 5.69 Å². The lowest BCUT2D eigenvalue weighted by molar-refractivity contribution is -0.122. The highest BCUT2D eigenvalue weighted by molar-refractivity contribution is 6.80. The van der Waals surface area contributed by atoms with Gasteiger partial charge in [0.05, 0.1) is 12.6 Å². The maximum Gasteiger partial charge on any atom is 0.251 e. The second kappa shape index (κ2) is 15.7. The molecule has 0 bridgehead atoms. The molecule has 4 aromatic carbocycles. The molecule has 1 unspecified atom stereocenters. The van der Waals surface area contributed by atoms with Crippen molar-refractivity contribution in [3.8, 4) is 0 Å². The van der Waals surface area contributed by atoms with E-state index in [9.17, 15) is 14.4 Å². The Kier molecular flexibility index (Phi) is 11.7. The molecule has 0 heterocycles. The van der Waals surface area contributed by atoms with Gasteiger partial charge in [-0.1, -0.05) is 99.6 Å². The topological polar surface area (TPSA) is 87.7 Å². The van der Waals surface area contributed by atoms with E-state index in [1.165, 1.54) is 16.4 Å². The van der Waals surface area contributed by atoms with Crippen LogP contribution in [-0.4, -0.2) is 47.4 Å². The standard InChI is InChI=1S/C39H45N3O4Si/c1-27-18-24-33(42(7)35(44)26-41-34(43)25-21-29-19-22-30(23-20-29)38(45)40-6)28(2)36(27)37(39(3,4)5)46-47(31-14-10-8-11-15-31)32-16-12-9-13-17-32/h8-25,37,47H,26H2,1-7H3,(H,40,45)(H,41,43). The molecule has 0 saturated carbocycles. The Morgan fingerprint density at radius 1 is 0.851 bits per heavy atom. The highest BCUT2D eigenvalue weighted by Gasteiger charge is 2.34. The molecule has 0 aliphatic rings. The lowest BCUT2D eigenvalue weighted by atomic mass is 9.81. The number of benzene rings is 4. The van der Waals surface area contributed by atoms with Gasteiger partial charge in [0.15, 0.2) is 0 Å². The largest absolute Gasteiger partial charge is 0.403 e. The van der Waals surface area contributed by atoms with Crippen LogP contribution >= 0.6 is 0 Å². The third-order valence-electron chi connectivity index (χ3n) is 8.21. The van der Waals surface area contributed by atoms with Crippen molar-refractivity contribution in [3.05, 3.63) is 131 Å². The van der Waals surface area contributed by atoms with E-state index in [2.05, 4.69) is 86.9 Å². The van der Waals surface area contributed by atoms with Gasteiger partial charge >= 0.3 is 0 Å². The zero-order valence-electron chi connectivity index (χ0n) is 28.3. The fourth-order valence-corrected chi connectivity index (χ4v) is 8.26. The van der Waals surface area contributed by atoms with Crippen LogP contribution in [0.2, 0.25) is 0 Å². The lowest BCUT2D eigenvalue weighted by Crippen LogP contribution is -2.47. The highest BCUT2D eigenvalue weighted by Crippen LogP contribution is 2.42. The first-order valence-corrected chi connectivity index (χ1v) is 17.4. The number of nitrogens with one attached hydrogen (secondary N) is 2. The van der Waals surface area contributed by atoms with Gasteiger partial charge in [0.25, 0.3) is 5.91 Å². The molecule has 47 heavy (non-hydrogen) atoms. The van der Waals surface area contributed by atoms with Crippen LogP contribution in [0.25, 0.3) is 6.08 Å². The predicted octanol–water partition coefficient (Wildman–Crippen LogP) is 5.10. The summed E-state index contributed by atoms with van der Waals surface area (Å²) in [4.78, 5) is 39.2. The van der Waals surface area contributed by atoms with Gasteiger partial charge in [0.2, 0.25) is 20.9 Å². The van der Waals surface area contributed by atoms with Gasteiger partial charge in [-0.3, -0.25) is 14.4 Å². The Morgan fingerprint density at radius 2 is 1.43 bits per heavy atom. The summed E-state index contributed by atoms with van der Waals surface area (Å²) >= 11 is 0. The average molecular weight is 648 g/mol. The molecule has 0 spiro atoms. The van der Waals surface area contributed by atoms with Crippen LogP contribution in [0.1, 0.15) is 59.5 Å². The number of carbonyl (C=O) groups excluding carboxylic acids is 3. The summed E-state index contributed by atoms with van der Waals surface area (Å²) in [6.07, 6.45) is 2.78. The predicted molar refractivity (Wildman–Crippen MR) is 194 cm³/mol. The quantitative estimate of drug-likeness (QED) is 0.175. The van der Waals surface area contributed by atoms with Crippen LogP contribution in [-0.2, 0) is 14.0 Å². The van der Waals surface area contributed by atoms with E-state index in [1.54, 1.807) is 49.3 Å². The number of rotatable bonds is 11. The third-order valence-corrected chi connectivity index (χ3v) is 10.7. The van der Waals surface area contributed by atoms with E-state index in [0.29, 0.717) is 5.56 Å². The summed E-state index contributed by atoms with van der Waals surface area (Å²) in [6.45, 7) is 10.6. The minimum absolute atomic E-state index is 0.159.